The van der Waals surface area contributed by atoms with Crippen molar-refractivity contribution in [1.29, 1.82) is 0 Å². The number of methoxy groups -OCH3 is 1. The second-order valence-corrected chi connectivity index (χ2v) is 8.65. The molecule has 2 fully saturated rings. The third kappa shape index (κ3) is 3.13. The average Bonchev–Trinajstić information content (AvgIpc) is 3.31. The van der Waals surface area contributed by atoms with Crippen LogP contribution in [0.15, 0.2) is 30.6 Å². The number of fused-ring (bicyclic) bond motifs is 1. The number of rotatable bonds is 3. The molecule has 1 aromatic carbocycles. The first-order valence-corrected chi connectivity index (χ1v) is 10.7. The molecule has 0 aliphatic carbocycles. The summed E-state index contributed by atoms with van der Waals surface area (Å²) in [5.41, 5.74) is 2.96. The van der Waals surface area contributed by atoms with Gasteiger partial charge in [-0.1, -0.05) is 0 Å². The lowest BCUT2D eigenvalue weighted by atomic mass is 9.80. The highest BCUT2D eigenvalue weighted by molar-refractivity contribution is 7.99. The summed E-state index contributed by atoms with van der Waals surface area (Å²) in [7, 11) is 0.952. The number of hydrogen-bond acceptors (Lipinski definition) is 7. The standard InChI is InChI=1S/C20H22BNO5S/c1-24-17-3-2-16(18-19(17)27-20(26-18)4-6-28-7-5-20)14-8-13(10-22-11-14)15-9-21(23)25-12-15/h2-3,8,10-11,15,23H,4-7,9,12H2,1H3. The fraction of sp³-hybridized carbons (Fsp3) is 0.450. The van der Waals surface area contributed by atoms with E-state index >= 15 is 0 Å². The predicted octanol–water partition coefficient (Wildman–Crippen LogP) is 3.35. The monoisotopic (exact) mass is 399 g/mol. The Kier molecular flexibility index (Phi) is 4.65. The van der Waals surface area contributed by atoms with Gasteiger partial charge in [0.25, 0.3) is 5.79 Å². The summed E-state index contributed by atoms with van der Waals surface area (Å²) >= 11 is 1.93. The maximum absolute atomic E-state index is 9.68. The van der Waals surface area contributed by atoms with Crippen LogP contribution in [-0.2, 0) is 4.65 Å². The minimum Gasteiger partial charge on any atom is -0.493 e. The first-order chi connectivity index (χ1) is 13.7. The number of pyridine rings is 1. The Hall–Kier alpha value is -1.90. The van der Waals surface area contributed by atoms with Crippen molar-refractivity contribution in [3.05, 3.63) is 36.2 Å². The van der Waals surface area contributed by atoms with Gasteiger partial charge in [-0.3, -0.25) is 4.98 Å². The maximum Gasteiger partial charge on any atom is 0.454 e. The van der Waals surface area contributed by atoms with Gasteiger partial charge in [0.05, 0.1) is 7.11 Å². The molecule has 4 heterocycles. The van der Waals surface area contributed by atoms with Crippen LogP contribution < -0.4 is 14.2 Å². The van der Waals surface area contributed by atoms with E-state index in [1.165, 1.54) is 0 Å². The Balaban J connectivity index is 1.53. The second-order valence-electron chi connectivity index (χ2n) is 7.43. The summed E-state index contributed by atoms with van der Waals surface area (Å²) < 4.78 is 23.6. The maximum atomic E-state index is 9.68. The van der Waals surface area contributed by atoms with E-state index in [1.54, 1.807) is 7.11 Å². The predicted molar refractivity (Wildman–Crippen MR) is 108 cm³/mol. The Morgan fingerprint density at radius 1 is 1.21 bits per heavy atom. The zero-order valence-electron chi connectivity index (χ0n) is 15.7. The summed E-state index contributed by atoms with van der Waals surface area (Å²) in [6.07, 6.45) is 5.97. The fourth-order valence-electron chi connectivity index (χ4n) is 4.08. The molecule has 1 N–H and O–H groups in total. The number of aromatic nitrogens is 1. The number of ether oxygens (including phenoxy) is 3. The quantitative estimate of drug-likeness (QED) is 0.794. The van der Waals surface area contributed by atoms with E-state index in [4.69, 9.17) is 18.9 Å². The van der Waals surface area contributed by atoms with Gasteiger partial charge >= 0.3 is 7.12 Å². The highest BCUT2D eigenvalue weighted by Gasteiger charge is 2.45. The molecule has 6 nitrogen and oxygen atoms in total. The van der Waals surface area contributed by atoms with Crippen molar-refractivity contribution in [1.82, 2.24) is 4.98 Å². The van der Waals surface area contributed by atoms with Crippen molar-refractivity contribution in [3.8, 4) is 28.4 Å². The summed E-state index contributed by atoms with van der Waals surface area (Å²) in [6, 6.07) is 6.02. The molecule has 8 heteroatoms. The molecule has 3 aliphatic rings. The summed E-state index contributed by atoms with van der Waals surface area (Å²) in [6.45, 7) is 0.507. The molecule has 1 aromatic heterocycles. The van der Waals surface area contributed by atoms with Crippen molar-refractivity contribution in [3.63, 3.8) is 0 Å². The average molecular weight is 399 g/mol. The molecule has 2 aromatic rings. The van der Waals surface area contributed by atoms with Gasteiger partial charge in [-0.2, -0.15) is 11.8 Å². The van der Waals surface area contributed by atoms with Crippen LogP contribution in [0.3, 0.4) is 0 Å². The zero-order chi connectivity index (χ0) is 19.1. The fourth-order valence-corrected chi connectivity index (χ4v) is 5.19. The van der Waals surface area contributed by atoms with Crippen molar-refractivity contribution in [2.45, 2.75) is 30.9 Å². The van der Waals surface area contributed by atoms with E-state index in [0.717, 1.165) is 46.8 Å². The Morgan fingerprint density at radius 3 is 2.79 bits per heavy atom. The van der Waals surface area contributed by atoms with Crippen LogP contribution in [0.4, 0.5) is 0 Å². The van der Waals surface area contributed by atoms with Gasteiger partial charge < -0.3 is 23.9 Å². The molecule has 1 atom stereocenters. The van der Waals surface area contributed by atoms with E-state index in [9.17, 15) is 5.02 Å². The van der Waals surface area contributed by atoms with E-state index in [0.29, 0.717) is 24.4 Å². The highest BCUT2D eigenvalue weighted by atomic mass is 32.2. The van der Waals surface area contributed by atoms with Gasteiger partial charge in [0.1, 0.15) is 0 Å². The van der Waals surface area contributed by atoms with Gasteiger partial charge in [-0.05, 0) is 30.1 Å². The molecule has 3 aliphatic heterocycles. The molecule has 1 unspecified atom stereocenters. The van der Waals surface area contributed by atoms with E-state index in [-0.39, 0.29) is 5.92 Å². The van der Waals surface area contributed by atoms with Crippen LogP contribution in [0.5, 0.6) is 17.2 Å². The highest BCUT2D eigenvalue weighted by Crippen LogP contribution is 2.54. The van der Waals surface area contributed by atoms with E-state index in [2.05, 4.69) is 11.1 Å². The molecule has 0 bridgehead atoms. The van der Waals surface area contributed by atoms with Crippen LogP contribution in [0.1, 0.15) is 24.3 Å². The Bertz CT molecular complexity index is 889. The number of benzene rings is 1. The molecule has 5 rings (SSSR count). The lowest BCUT2D eigenvalue weighted by molar-refractivity contribution is -0.0849. The normalized spacial score (nSPS) is 22.6. The van der Waals surface area contributed by atoms with Gasteiger partial charge in [0.2, 0.25) is 5.75 Å². The topological polar surface area (TPSA) is 70.0 Å². The van der Waals surface area contributed by atoms with Crippen LogP contribution in [-0.4, -0.2) is 48.1 Å². The van der Waals surface area contributed by atoms with Crippen molar-refractivity contribution in [2.24, 2.45) is 0 Å². The molecule has 28 heavy (non-hydrogen) atoms. The SMILES string of the molecule is COc1ccc(-c2cncc(C3COB(O)C3)c2)c2c1OC1(CCSCC1)O2. The van der Waals surface area contributed by atoms with E-state index in [1.807, 2.05) is 36.3 Å². The molecule has 1 spiro atoms. The van der Waals surface area contributed by atoms with Gasteiger partial charge in [0.15, 0.2) is 11.5 Å². The molecule has 2 saturated heterocycles. The Labute approximate surface area is 168 Å². The first kappa shape index (κ1) is 18.2. The smallest absolute Gasteiger partial charge is 0.454 e. The Morgan fingerprint density at radius 2 is 2.04 bits per heavy atom. The lowest BCUT2D eigenvalue weighted by Crippen LogP contribution is -2.42. The number of nitrogens with zero attached hydrogens (tertiary/aromatic N) is 1. The molecule has 146 valence electrons. The number of thioether (sulfide) groups is 1. The molecular weight excluding hydrogens is 377 g/mol. The van der Waals surface area contributed by atoms with Crippen LogP contribution >= 0.6 is 11.8 Å². The molecule has 0 amide bonds. The third-order valence-corrected chi connectivity index (χ3v) is 6.63. The minimum atomic E-state index is -0.695. The van der Waals surface area contributed by atoms with Crippen LogP contribution in [0.2, 0.25) is 6.32 Å². The van der Waals surface area contributed by atoms with Gasteiger partial charge in [-0.15, -0.1) is 0 Å². The number of hydrogen-bond donors (Lipinski definition) is 1. The molecule has 0 radical (unpaired) electrons. The summed E-state index contributed by atoms with van der Waals surface area (Å²) in [5.74, 6) is 3.69. The van der Waals surface area contributed by atoms with Crippen molar-refractivity contribution >= 4 is 18.9 Å². The summed E-state index contributed by atoms with van der Waals surface area (Å²) in [4.78, 5) is 4.43. The minimum absolute atomic E-state index is 0.146. The zero-order valence-corrected chi connectivity index (χ0v) is 16.5. The van der Waals surface area contributed by atoms with Crippen LogP contribution in [0.25, 0.3) is 11.1 Å². The first-order valence-electron chi connectivity index (χ1n) is 9.59. The second kappa shape index (κ2) is 7.17. The van der Waals surface area contributed by atoms with Gasteiger partial charge in [-0.25, -0.2) is 0 Å². The molecule has 0 saturated carbocycles. The van der Waals surface area contributed by atoms with Crippen molar-refractivity contribution < 1.29 is 23.9 Å². The lowest BCUT2D eigenvalue weighted by Gasteiger charge is -2.31. The van der Waals surface area contributed by atoms with E-state index < -0.39 is 12.9 Å². The van der Waals surface area contributed by atoms with Gasteiger partial charge in [0, 0.05) is 60.4 Å². The largest absolute Gasteiger partial charge is 0.493 e. The van der Waals surface area contributed by atoms with Crippen LogP contribution in [0, 0.1) is 0 Å². The summed E-state index contributed by atoms with van der Waals surface area (Å²) in [5, 5.41) is 9.68. The molecular formula is C20H22BNO5S. The van der Waals surface area contributed by atoms with Crippen molar-refractivity contribution in [2.75, 3.05) is 25.2 Å². The third-order valence-electron chi connectivity index (χ3n) is 5.64.